The van der Waals surface area contributed by atoms with Gasteiger partial charge >= 0.3 is 0 Å². The van der Waals surface area contributed by atoms with Gasteiger partial charge in [0, 0.05) is 17.8 Å². The van der Waals surface area contributed by atoms with Crippen LogP contribution in [0.4, 0.5) is 10.1 Å². The van der Waals surface area contributed by atoms with E-state index in [0.29, 0.717) is 12.2 Å². The molecule has 0 bridgehead atoms. The molecule has 0 aliphatic carbocycles. The van der Waals surface area contributed by atoms with Gasteiger partial charge in [-0.05, 0) is 44.9 Å². The van der Waals surface area contributed by atoms with Crippen LogP contribution in [0.15, 0.2) is 18.2 Å². The largest absolute Gasteiger partial charge is 0.399 e. The summed E-state index contributed by atoms with van der Waals surface area (Å²) in [6, 6.07) is 4.21. The monoisotopic (exact) mass is 236 g/mol. The number of likely N-dealkylation sites (tertiary alicyclic amines) is 1. The molecule has 0 saturated carbocycles. The lowest BCUT2D eigenvalue weighted by atomic mass is 10.0. The Morgan fingerprint density at radius 2 is 2.18 bits per heavy atom. The van der Waals surface area contributed by atoms with E-state index in [1.54, 1.807) is 11.0 Å². The maximum absolute atomic E-state index is 13.7. The van der Waals surface area contributed by atoms with Crippen LogP contribution in [0, 0.1) is 5.82 Å². The molecule has 1 aliphatic rings. The number of carbonyl (C=O) groups is 1. The number of carbonyl (C=O) groups excluding carboxylic acids is 1. The van der Waals surface area contributed by atoms with Gasteiger partial charge in [0.25, 0.3) is 5.91 Å². The molecule has 0 spiro atoms. The van der Waals surface area contributed by atoms with Crippen molar-refractivity contribution in [1.29, 1.82) is 0 Å². The minimum absolute atomic E-state index is 0.106. The highest BCUT2D eigenvalue weighted by molar-refractivity contribution is 5.95. The molecule has 1 heterocycles. The molecule has 1 amide bonds. The van der Waals surface area contributed by atoms with E-state index in [9.17, 15) is 9.18 Å². The van der Waals surface area contributed by atoms with Crippen LogP contribution in [0.1, 0.15) is 37.0 Å². The molecule has 3 nitrogen and oxygen atoms in total. The summed E-state index contributed by atoms with van der Waals surface area (Å²) in [5.41, 5.74) is 5.72. The third kappa shape index (κ3) is 2.12. The van der Waals surface area contributed by atoms with E-state index < -0.39 is 5.82 Å². The maximum Gasteiger partial charge on any atom is 0.257 e. The smallest absolute Gasteiger partial charge is 0.257 e. The third-order valence-electron chi connectivity index (χ3n) is 3.37. The molecule has 0 unspecified atom stereocenters. The first-order chi connectivity index (χ1) is 7.92. The molecule has 4 heteroatoms. The van der Waals surface area contributed by atoms with E-state index in [1.807, 2.05) is 13.8 Å². The van der Waals surface area contributed by atoms with Gasteiger partial charge in [-0.2, -0.15) is 0 Å². The molecule has 1 saturated heterocycles. The van der Waals surface area contributed by atoms with Crippen molar-refractivity contribution < 1.29 is 9.18 Å². The highest BCUT2D eigenvalue weighted by Gasteiger charge is 2.36. The summed E-state index contributed by atoms with van der Waals surface area (Å²) in [6.45, 7) is 4.70. The summed E-state index contributed by atoms with van der Waals surface area (Å²) in [4.78, 5) is 14.0. The lowest BCUT2D eigenvalue weighted by Gasteiger charge is -2.31. The highest BCUT2D eigenvalue weighted by atomic mass is 19.1. The van der Waals surface area contributed by atoms with Crippen molar-refractivity contribution in [3.8, 4) is 0 Å². The number of anilines is 1. The lowest BCUT2D eigenvalue weighted by Crippen LogP contribution is -2.42. The van der Waals surface area contributed by atoms with Crippen LogP contribution in [0.3, 0.4) is 0 Å². The van der Waals surface area contributed by atoms with Crippen LogP contribution in [-0.2, 0) is 0 Å². The molecule has 0 aromatic heterocycles. The maximum atomic E-state index is 13.7. The Balaban J connectivity index is 2.31. The number of nitrogens with two attached hydrogens (primary N) is 1. The molecule has 1 aromatic carbocycles. The number of hydrogen-bond donors (Lipinski definition) is 1. The number of hydrogen-bond acceptors (Lipinski definition) is 2. The summed E-state index contributed by atoms with van der Waals surface area (Å²) in [5.74, 6) is -0.789. The van der Waals surface area contributed by atoms with Crippen molar-refractivity contribution in [2.75, 3.05) is 12.3 Å². The van der Waals surface area contributed by atoms with Crippen LogP contribution in [0.5, 0.6) is 0 Å². The van der Waals surface area contributed by atoms with E-state index in [-0.39, 0.29) is 17.0 Å². The summed E-state index contributed by atoms with van der Waals surface area (Å²) in [7, 11) is 0. The molecule has 17 heavy (non-hydrogen) atoms. The SMILES string of the molecule is CC1(C)CCCN1C(=O)c1ccc(N)cc1F. The van der Waals surface area contributed by atoms with Crippen molar-refractivity contribution in [3.05, 3.63) is 29.6 Å². The first-order valence-corrected chi connectivity index (χ1v) is 5.79. The Morgan fingerprint density at radius 3 is 2.71 bits per heavy atom. The van der Waals surface area contributed by atoms with Crippen molar-refractivity contribution in [2.45, 2.75) is 32.2 Å². The Morgan fingerprint density at radius 1 is 1.47 bits per heavy atom. The number of amides is 1. The van der Waals surface area contributed by atoms with Gasteiger partial charge in [-0.1, -0.05) is 0 Å². The Hall–Kier alpha value is -1.58. The van der Waals surface area contributed by atoms with Crippen LogP contribution < -0.4 is 5.73 Å². The number of nitrogen functional groups attached to an aromatic ring is 1. The molecule has 0 radical (unpaired) electrons. The van der Waals surface area contributed by atoms with Crippen molar-refractivity contribution >= 4 is 11.6 Å². The minimum Gasteiger partial charge on any atom is -0.399 e. The average Bonchev–Trinajstić information content (AvgIpc) is 2.57. The van der Waals surface area contributed by atoms with E-state index in [4.69, 9.17) is 5.73 Å². The molecule has 1 aromatic rings. The molecule has 92 valence electrons. The van der Waals surface area contributed by atoms with Crippen LogP contribution in [-0.4, -0.2) is 22.9 Å². The predicted octanol–water partition coefficient (Wildman–Crippen LogP) is 2.42. The Labute approximate surface area is 100 Å². The molecule has 2 rings (SSSR count). The summed E-state index contributed by atoms with van der Waals surface area (Å²) >= 11 is 0. The van der Waals surface area contributed by atoms with Crippen LogP contribution in [0.25, 0.3) is 0 Å². The Kier molecular flexibility index (Phi) is 2.81. The van der Waals surface area contributed by atoms with E-state index in [2.05, 4.69) is 0 Å². The van der Waals surface area contributed by atoms with Gasteiger partial charge < -0.3 is 10.6 Å². The standard InChI is InChI=1S/C13H17FN2O/c1-13(2)6-3-7-16(13)12(17)10-5-4-9(15)8-11(10)14/h4-5,8H,3,6-7,15H2,1-2H3. The number of halogens is 1. The van der Waals surface area contributed by atoms with Gasteiger partial charge in [-0.25, -0.2) is 4.39 Å². The molecule has 1 fully saturated rings. The zero-order chi connectivity index (χ0) is 12.6. The van der Waals surface area contributed by atoms with Gasteiger partial charge in [0.05, 0.1) is 5.56 Å². The summed E-state index contributed by atoms with van der Waals surface area (Å²) in [5, 5.41) is 0. The second-order valence-electron chi connectivity index (χ2n) is 5.11. The van der Waals surface area contributed by atoms with E-state index in [1.165, 1.54) is 12.1 Å². The van der Waals surface area contributed by atoms with Crippen molar-refractivity contribution in [3.63, 3.8) is 0 Å². The van der Waals surface area contributed by atoms with Gasteiger partial charge in [0.1, 0.15) is 5.82 Å². The topological polar surface area (TPSA) is 46.3 Å². The molecular formula is C13H17FN2O. The van der Waals surface area contributed by atoms with Gasteiger partial charge in [-0.15, -0.1) is 0 Å². The molecule has 1 aliphatic heterocycles. The van der Waals surface area contributed by atoms with E-state index in [0.717, 1.165) is 12.8 Å². The fraction of sp³-hybridized carbons (Fsp3) is 0.462. The highest BCUT2D eigenvalue weighted by Crippen LogP contribution is 2.30. The fourth-order valence-electron chi connectivity index (χ4n) is 2.33. The van der Waals surface area contributed by atoms with Crippen molar-refractivity contribution in [1.82, 2.24) is 4.90 Å². The summed E-state index contributed by atoms with van der Waals surface area (Å²) < 4.78 is 13.7. The Bertz CT molecular complexity index is 457. The molecule has 0 atom stereocenters. The average molecular weight is 236 g/mol. The second kappa shape index (κ2) is 4.02. The van der Waals surface area contributed by atoms with Crippen molar-refractivity contribution in [2.24, 2.45) is 0 Å². The quantitative estimate of drug-likeness (QED) is 0.761. The first-order valence-electron chi connectivity index (χ1n) is 5.79. The number of rotatable bonds is 1. The normalized spacial score (nSPS) is 18.4. The summed E-state index contributed by atoms with van der Waals surface area (Å²) in [6.07, 6.45) is 1.92. The first kappa shape index (κ1) is 11.9. The molecular weight excluding hydrogens is 219 g/mol. The van der Waals surface area contributed by atoms with Gasteiger partial charge in [0.15, 0.2) is 0 Å². The zero-order valence-electron chi connectivity index (χ0n) is 10.2. The molecule has 2 N–H and O–H groups in total. The van der Waals surface area contributed by atoms with Crippen LogP contribution >= 0.6 is 0 Å². The zero-order valence-corrected chi connectivity index (χ0v) is 10.2. The lowest BCUT2D eigenvalue weighted by molar-refractivity contribution is 0.0647. The van der Waals surface area contributed by atoms with E-state index >= 15 is 0 Å². The number of nitrogens with zero attached hydrogens (tertiary/aromatic N) is 1. The number of benzene rings is 1. The minimum atomic E-state index is -0.544. The predicted molar refractivity (Wildman–Crippen MR) is 65.2 cm³/mol. The second-order valence-corrected chi connectivity index (χ2v) is 5.11. The third-order valence-corrected chi connectivity index (χ3v) is 3.37. The van der Waals surface area contributed by atoms with Crippen LogP contribution in [0.2, 0.25) is 0 Å². The van der Waals surface area contributed by atoms with Gasteiger partial charge in [-0.3, -0.25) is 4.79 Å². The van der Waals surface area contributed by atoms with Gasteiger partial charge in [0.2, 0.25) is 0 Å². The fourth-order valence-corrected chi connectivity index (χ4v) is 2.33.